The summed E-state index contributed by atoms with van der Waals surface area (Å²) in [6.07, 6.45) is 3.36. The standard InChI is InChI=1S/C8H17O2/c1-5-6-7-8(2,3)10-9-4/h4-7H2,1-3H3. The zero-order valence-corrected chi connectivity index (χ0v) is 7.14. The second-order valence-electron chi connectivity index (χ2n) is 3.06. The Morgan fingerprint density at radius 3 is 2.40 bits per heavy atom. The smallest absolute Gasteiger partial charge is 0.109 e. The van der Waals surface area contributed by atoms with E-state index in [1.54, 1.807) is 0 Å². The van der Waals surface area contributed by atoms with E-state index in [1.165, 1.54) is 6.42 Å². The van der Waals surface area contributed by atoms with Crippen LogP contribution in [0.2, 0.25) is 0 Å². The molecule has 0 rings (SSSR count). The molecular formula is C8H17O2. The Hall–Kier alpha value is -0.0800. The summed E-state index contributed by atoms with van der Waals surface area (Å²) in [6, 6.07) is 0. The van der Waals surface area contributed by atoms with Gasteiger partial charge in [0.05, 0.1) is 5.60 Å². The predicted molar refractivity (Wildman–Crippen MR) is 41.1 cm³/mol. The summed E-state index contributed by atoms with van der Waals surface area (Å²) < 4.78 is 0. The van der Waals surface area contributed by atoms with Crippen LogP contribution in [0.15, 0.2) is 0 Å². The molecule has 10 heavy (non-hydrogen) atoms. The van der Waals surface area contributed by atoms with Gasteiger partial charge in [0, 0.05) is 0 Å². The quantitative estimate of drug-likeness (QED) is 0.437. The Balaban J connectivity index is 3.42. The zero-order valence-electron chi connectivity index (χ0n) is 7.14. The lowest BCUT2D eigenvalue weighted by molar-refractivity contribution is -0.321. The predicted octanol–water partition coefficient (Wildman–Crippen LogP) is 2.69. The molecule has 0 aromatic heterocycles. The van der Waals surface area contributed by atoms with Crippen LogP contribution in [-0.4, -0.2) is 5.60 Å². The van der Waals surface area contributed by atoms with Crippen LogP contribution in [0, 0.1) is 7.11 Å². The number of unbranched alkanes of at least 4 members (excludes halogenated alkanes) is 1. The van der Waals surface area contributed by atoms with Crippen LogP contribution in [0.1, 0.15) is 40.0 Å². The summed E-state index contributed by atoms with van der Waals surface area (Å²) in [7, 11) is 3.16. The summed E-state index contributed by atoms with van der Waals surface area (Å²) in [6.45, 7) is 6.14. The molecular weight excluding hydrogens is 128 g/mol. The van der Waals surface area contributed by atoms with Crippen molar-refractivity contribution in [3.05, 3.63) is 7.11 Å². The molecule has 2 heteroatoms. The van der Waals surface area contributed by atoms with Gasteiger partial charge < -0.3 is 0 Å². The zero-order chi connectivity index (χ0) is 8.04. The van der Waals surface area contributed by atoms with Crippen molar-refractivity contribution in [1.82, 2.24) is 0 Å². The molecule has 0 aliphatic carbocycles. The maximum atomic E-state index is 4.92. The summed E-state index contributed by atoms with van der Waals surface area (Å²) in [4.78, 5) is 9.27. The molecule has 0 aromatic rings. The second kappa shape index (κ2) is 4.69. The lowest BCUT2D eigenvalue weighted by Crippen LogP contribution is -2.23. The highest BCUT2D eigenvalue weighted by molar-refractivity contribution is 4.65. The first-order chi connectivity index (χ1) is 4.62. The van der Waals surface area contributed by atoms with Gasteiger partial charge in [0.15, 0.2) is 0 Å². The Morgan fingerprint density at radius 1 is 1.40 bits per heavy atom. The fourth-order valence-electron chi connectivity index (χ4n) is 0.804. The van der Waals surface area contributed by atoms with Crippen molar-refractivity contribution in [2.75, 3.05) is 0 Å². The van der Waals surface area contributed by atoms with Crippen molar-refractivity contribution >= 4 is 0 Å². The van der Waals surface area contributed by atoms with Crippen LogP contribution in [0.4, 0.5) is 0 Å². The van der Waals surface area contributed by atoms with E-state index >= 15 is 0 Å². The first-order valence-electron chi connectivity index (χ1n) is 3.72. The number of hydrogen-bond acceptors (Lipinski definition) is 2. The fourth-order valence-corrected chi connectivity index (χ4v) is 0.804. The average molecular weight is 145 g/mol. The highest BCUT2D eigenvalue weighted by Crippen LogP contribution is 2.17. The van der Waals surface area contributed by atoms with E-state index in [1.807, 2.05) is 13.8 Å². The highest BCUT2D eigenvalue weighted by Gasteiger charge is 2.17. The molecule has 0 aliphatic rings. The van der Waals surface area contributed by atoms with Gasteiger partial charge in [-0.05, 0) is 20.3 Å². The molecule has 2 nitrogen and oxygen atoms in total. The maximum absolute atomic E-state index is 4.92. The van der Waals surface area contributed by atoms with Crippen LogP contribution in [0.5, 0.6) is 0 Å². The molecule has 0 saturated carbocycles. The molecule has 0 fully saturated rings. The molecule has 0 N–H and O–H groups in total. The minimum absolute atomic E-state index is 0.183. The minimum Gasteiger partial charge on any atom is -0.234 e. The largest absolute Gasteiger partial charge is 0.234 e. The molecule has 0 saturated heterocycles. The Kier molecular flexibility index (Phi) is 4.65. The summed E-state index contributed by atoms with van der Waals surface area (Å²) in [5.74, 6) is 0. The van der Waals surface area contributed by atoms with Crippen molar-refractivity contribution in [3.8, 4) is 0 Å². The topological polar surface area (TPSA) is 18.5 Å². The molecule has 1 radical (unpaired) electrons. The normalized spacial score (nSPS) is 12.0. The molecule has 61 valence electrons. The van der Waals surface area contributed by atoms with Gasteiger partial charge in [-0.25, -0.2) is 9.78 Å². The van der Waals surface area contributed by atoms with Gasteiger partial charge in [-0.3, -0.25) is 0 Å². The van der Waals surface area contributed by atoms with E-state index in [2.05, 4.69) is 18.9 Å². The van der Waals surface area contributed by atoms with Gasteiger partial charge in [0.1, 0.15) is 7.11 Å². The third kappa shape index (κ3) is 4.77. The Morgan fingerprint density at radius 2 is 2.00 bits per heavy atom. The Bertz CT molecular complexity index is 79.3. The molecule has 0 bridgehead atoms. The Labute approximate surface area is 63.5 Å². The summed E-state index contributed by atoms with van der Waals surface area (Å²) >= 11 is 0. The lowest BCUT2D eigenvalue weighted by atomic mass is 10.0. The minimum atomic E-state index is -0.183. The third-order valence-corrected chi connectivity index (χ3v) is 1.42. The molecule has 0 spiro atoms. The number of rotatable bonds is 5. The summed E-state index contributed by atoms with van der Waals surface area (Å²) in [5.41, 5.74) is -0.183. The van der Waals surface area contributed by atoms with Crippen molar-refractivity contribution in [2.24, 2.45) is 0 Å². The first-order valence-corrected chi connectivity index (χ1v) is 3.72. The van der Waals surface area contributed by atoms with Gasteiger partial charge in [-0.15, -0.1) is 0 Å². The van der Waals surface area contributed by atoms with Gasteiger partial charge in [-0.1, -0.05) is 19.8 Å². The van der Waals surface area contributed by atoms with Crippen LogP contribution >= 0.6 is 0 Å². The molecule has 0 atom stereocenters. The van der Waals surface area contributed by atoms with E-state index in [9.17, 15) is 0 Å². The van der Waals surface area contributed by atoms with Crippen molar-refractivity contribution < 1.29 is 9.78 Å². The van der Waals surface area contributed by atoms with Gasteiger partial charge in [0.25, 0.3) is 0 Å². The van der Waals surface area contributed by atoms with E-state index in [0.29, 0.717) is 0 Å². The van der Waals surface area contributed by atoms with Crippen molar-refractivity contribution in [1.29, 1.82) is 0 Å². The SMILES string of the molecule is [CH2]OOC(C)(C)CCCC. The third-order valence-electron chi connectivity index (χ3n) is 1.42. The summed E-state index contributed by atoms with van der Waals surface area (Å²) in [5, 5.41) is 0. The van der Waals surface area contributed by atoms with E-state index < -0.39 is 0 Å². The van der Waals surface area contributed by atoms with E-state index in [0.717, 1.165) is 12.8 Å². The lowest BCUT2D eigenvalue weighted by Gasteiger charge is -2.21. The van der Waals surface area contributed by atoms with Crippen LogP contribution < -0.4 is 0 Å². The molecule has 0 heterocycles. The van der Waals surface area contributed by atoms with Crippen molar-refractivity contribution in [3.63, 3.8) is 0 Å². The van der Waals surface area contributed by atoms with Crippen molar-refractivity contribution in [2.45, 2.75) is 45.6 Å². The van der Waals surface area contributed by atoms with Crippen LogP contribution in [0.25, 0.3) is 0 Å². The van der Waals surface area contributed by atoms with Gasteiger partial charge in [-0.2, -0.15) is 0 Å². The van der Waals surface area contributed by atoms with Crippen LogP contribution in [0.3, 0.4) is 0 Å². The number of hydrogen-bond donors (Lipinski definition) is 0. The fraction of sp³-hybridized carbons (Fsp3) is 0.875. The highest BCUT2D eigenvalue weighted by atomic mass is 17.2. The average Bonchev–Trinajstić information content (AvgIpc) is 1.84. The van der Waals surface area contributed by atoms with E-state index in [-0.39, 0.29) is 5.60 Å². The van der Waals surface area contributed by atoms with Gasteiger partial charge in [0.2, 0.25) is 0 Å². The first kappa shape index (κ1) is 9.92. The van der Waals surface area contributed by atoms with Gasteiger partial charge >= 0.3 is 0 Å². The maximum Gasteiger partial charge on any atom is 0.109 e. The second-order valence-corrected chi connectivity index (χ2v) is 3.06. The van der Waals surface area contributed by atoms with Crippen LogP contribution in [-0.2, 0) is 9.78 Å². The molecule has 0 aliphatic heterocycles. The molecule has 0 unspecified atom stereocenters. The van der Waals surface area contributed by atoms with E-state index in [4.69, 9.17) is 4.89 Å². The molecule has 0 amide bonds. The monoisotopic (exact) mass is 145 g/mol. The molecule has 0 aromatic carbocycles.